The van der Waals surface area contributed by atoms with Gasteiger partial charge in [0.05, 0.1) is 12.2 Å². The second-order valence-electron chi connectivity index (χ2n) is 8.93. The molecule has 2 aromatic rings. The molecule has 1 N–H and O–H groups in total. The Labute approximate surface area is 211 Å². The fourth-order valence-corrected chi connectivity index (χ4v) is 4.52. The van der Waals surface area contributed by atoms with Gasteiger partial charge in [-0.05, 0) is 56.5 Å². The van der Waals surface area contributed by atoms with E-state index in [9.17, 15) is 19.5 Å². The van der Waals surface area contributed by atoms with Crippen molar-refractivity contribution in [2.24, 2.45) is 0 Å². The molecular weight excluding hydrogens is 462 g/mol. The number of benzene rings is 2. The number of hydrogen-bond donors (Lipinski definition) is 1. The van der Waals surface area contributed by atoms with Gasteiger partial charge in [0.2, 0.25) is 0 Å². The Bertz CT molecular complexity index is 1090. The van der Waals surface area contributed by atoms with Crippen LogP contribution in [0.1, 0.15) is 46.9 Å². The number of nitrogens with zero attached hydrogens (tertiary/aromatic N) is 3. The molecular formula is C27H33N3O6. The number of carbonyl (C=O) groups excluding carboxylic acids is 3. The van der Waals surface area contributed by atoms with Gasteiger partial charge in [0, 0.05) is 44.8 Å². The Morgan fingerprint density at radius 1 is 0.778 bits per heavy atom. The van der Waals surface area contributed by atoms with Crippen LogP contribution < -0.4 is 9.47 Å². The average Bonchev–Trinajstić information content (AvgIpc) is 2.92. The molecule has 0 radical (unpaired) electrons. The van der Waals surface area contributed by atoms with Crippen molar-refractivity contribution in [1.29, 1.82) is 0 Å². The number of rotatable bonds is 7. The number of para-hydroxylation sites is 1. The molecule has 4 rings (SSSR count). The van der Waals surface area contributed by atoms with Crippen molar-refractivity contribution in [2.75, 3.05) is 52.5 Å². The number of hydrogen-bond acceptors (Lipinski definition) is 6. The van der Waals surface area contributed by atoms with E-state index in [2.05, 4.69) is 0 Å². The number of phenolic OH excluding ortho intramolecular Hbond substituents is 1. The molecule has 3 amide bonds. The zero-order valence-corrected chi connectivity index (χ0v) is 20.6. The van der Waals surface area contributed by atoms with Gasteiger partial charge in [-0.1, -0.05) is 12.1 Å². The van der Waals surface area contributed by atoms with Crippen molar-refractivity contribution in [3.63, 3.8) is 0 Å². The van der Waals surface area contributed by atoms with Crippen LogP contribution in [-0.2, 0) is 4.79 Å². The van der Waals surface area contributed by atoms with Gasteiger partial charge in [-0.15, -0.1) is 0 Å². The molecule has 0 aromatic heterocycles. The standard InChI is InChI=1S/C27H33N3O6/c1-2-35-24-18-20(10-11-23(24)36-19-25(32)28-12-6-3-7-13-28)26(33)29-14-16-30(17-15-29)27(34)21-8-4-5-9-22(21)31/h4-5,8-11,18,31H,2-3,6-7,12-17,19H2,1H3. The largest absolute Gasteiger partial charge is 0.507 e. The van der Waals surface area contributed by atoms with Gasteiger partial charge in [0.15, 0.2) is 18.1 Å². The summed E-state index contributed by atoms with van der Waals surface area (Å²) in [7, 11) is 0. The Kier molecular flexibility index (Phi) is 8.30. The molecule has 2 aliphatic heterocycles. The number of likely N-dealkylation sites (tertiary alicyclic amines) is 1. The zero-order valence-electron chi connectivity index (χ0n) is 20.6. The first-order chi connectivity index (χ1) is 17.5. The summed E-state index contributed by atoms with van der Waals surface area (Å²) in [5, 5.41) is 9.97. The molecule has 0 spiro atoms. The highest BCUT2D eigenvalue weighted by molar-refractivity contribution is 5.97. The Morgan fingerprint density at radius 3 is 2.11 bits per heavy atom. The third-order valence-electron chi connectivity index (χ3n) is 6.54. The van der Waals surface area contributed by atoms with E-state index in [4.69, 9.17) is 9.47 Å². The SMILES string of the molecule is CCOc1cc(C(=O)N2CCN(C(=O)c3ccccc3O)CC2)ccc1OCC(=O)N1CCCCC1. The van der Waals surface area contributed by atoms with E-state index in [-0.39, 0.29) is 35.6 Å². The maximum Gasteiger partial charge on any atom is 0.260 e. The number of ether oxygens (including phenoxy) is 2. The van der Waals surface area contributed by atoms with E-state index in [1.807, 2.05) is 11.8 Å². The maximum atomic E-state index is 13.2. The summed E-state index contributed by atoms with van der Waals surface area (Å²) in [6, 6.07) is 11.4. The number of piperidine rings is 1. The molecule has 2 aliphatic rings. The van der Waals surface area contributed by atoms with Crippen LogP contribution in [0.5, 0.6) is 17.2 Å². The number of piperazine rings is 1. The molecule has 9 nitrogen and oxygen atoms in total. The van der Waals surface area contributed by atoms with Crippen molar-refractivity contribution in [3.05, 3.63) is 53.6 Å². The van der Waals surface area contributed by atoms with Crippen molar-refractivity contribution in [2.45, 2.75) is 26.2 Å². The van der Waals surface area contributed by atoms with Gasteiger partial charge in [-0.3, -0.25) is 14.4 Å². The van der Waals surface area contributed by atoms with Crippen LogP contribution in [0.25, 0.3) is 0 Å². The molecule has 2 fully saturated rings. The molecule has 0 saturated carbocycles. The minimum Gasteiger partial charge on any atom is -0.507 e. The van der Waals surface area contributed by atoms with E-state index in [1.165, 1.54) is 6.07 Å². The lowest BCUT2D eigenvalue weighted by molar-refractivity contribution is -0.134. The van der Waals surface area contributed by atoms with E-state index in [1.54, 1.807) is 46.2 Å². The van der Waals surface area contributed by atoms with E-state index >= 15 is 0 Å². The highest BCUT2D eigenvalue weighted by Crippen LogP contribution is 2.29. The lowest BCUT2D eigenvalue weighted by Crippen LogP contribution is -2.50. The van der Waals surface area contributed by atoms with Crippen LogP contribution in [0.4, 0.5) is 0 Å². The first-order valence-corrected chi connectivity index (χ1v) is 12.5. The van der Waals surface area contributed by atoms with Gasteiger partial charge in [-0.2, -0.15) is 0 Å². The second kappa shape index (κ2) is 11.8. The molecule has 0 aliphatic carbocycles. The minimum atomic E-state index is -0.251. The lowest BCUT2D eigenvalue weighted by Gasteiger charge is -2.35. The van der Waals surface area contributed by atoms with Gasteiger partial charge in [0.1, 0.15) is 5.75 Å². The van der Waals surface area contributed by atoms with Crippen molar-refractivity contribution in [3.8, 4) is 17.2 Å². The molecule has 36 heavy (non-hydrogen) atoms. The van der Waals surface area contributed by atoms with Crippen LogP contribution in [0.15, 0.2) is 42.5 Å². The molecule has 0 unspecified atom stereocenters. The van der Waals surface area contributed by atoms with Crippen LogP contribution in [0.3, 0.4) is 0 Å². The minimum absolute atomic E-state index is 0.0476. The maximum absolute atomic E-state index is 13.2. The third-order valence-corrected chi connectivity index (χ3v) is 6.54. The van der Waals surface area contributed by atoms with E-state index in [0.717, 1.165) is 32.4 Å². The molecule has 9 heteroatoms. The summed E-state index contributed by atoms with van der Waals surface area (Å²) in [6.07, 6.45) is 3.18. The Hall–Kier alpha value is -3.75. The van der Waals surface area contributed by atoms with Crippen LogP contribution in [-0.4, -0.2) is 90.0 Å². The predicted molar refractivity (Wildman–Crippen MR) is 133 cm³/mol. The number of aromatic hydroxyl groups is 1. The summed E-state index contributed by atoms with van der Waals surface area (Å²) in [5.41, 5.74) is 0.710. The van der Waals surface area contributed by atoms with Gasteiger partial charge < -0.3 is 29.3 Å². The third kappa shape index (κ3) is 5.90. The molecule has 2 aromatic carbocycles. The Balaban J connectivity index is 1.36. The van der Waals surface area contributed by atoms with E-state index < -0.39 is 0 Å². The molecule has 2 heterocycles. The number of amides is 3. The lowest BCUT2D eigenvalue weighted by atomic mass is 10.1. The van der Waals surface area contributed by atoms with Gasteiger partial charge in [0.25, 0.3) is 17.7 Å². The fraction of sp³-hybridized carbons (Fsp3) is 0.444. The average molecular weight is 496 g/mol. The van der Waals surface area contributed by atoms with Crippen molar-refractivity contribution >= 4 is 17.7 Å². The molecule has 0 bridgehead atoms. The summed E-state index contributed by atoms with van der Waals surface area (Å²) in [5.74, 6) is 0.332. The topological polar surface area (TPSA) is 99.6 Å². The highest BCUT2D eigenvalue weighted by Gasteiger charge is 2.27. The molecule has 192 valence electrons. The van der Waals surface area contributed by atoms with Crippen LogP contribution in [0, 0.1) is 0 Å². The van der Waals surface area contributed by atoms with Crippen molar-refractivity contribution < 1.29 is 29.0 Å². The second-order valence-corrected chi connectivity index (χ2v) is 8.93. The summed E-state index contributed by atoms with van der Waals surface area (Å²) >= 11 is 0. The monoisotopic (exact) mass is 495 g/mol. The van der Waals surface area contributed by atoms with Crippen molar-refractivity contribution in [1.82, 2.24) is 14.7 Å². The number of carbonyl (C=O) groups is 3. The van der Waals surface area contributed by atoms with Crippen LogP contribution >= 0.6 is 0 Å². The Morgan fingerprint density at radius 2 is 1.44 bits per heavy atom. The zero-order chi connectivity index (χ0) is 25.5. The van der Waals surface area contributed by atoms with Gasteiger partial charge >= 0.3 is 0 Å². The summed E-state index contributed by atoms with van der Waals surface area (Å²) in [6.45, 7) is 5.20. The normalized spacial score (nSPS) is 16.0. The smallest absolute Gasteiger partial charge is 0.260 e. The summed E-state index contributed by atoms with van der Waals surface area (Å²) in [4.78, 5) is 43.5. The van der Waals surface area contributed by atoms with Crippen LogP contribution in [0.2, 0.25) is 0 Å². The predicted octanol–water partition coefficient (Wildman–Crippen LogP) is 2.78. The summed E-state index contributed by atoms with van der Waals surface area (Å²) < 4.78 is 11.5. The fourth-order valence-electron chi connectivity index (χ4n) is 4.52. The molecule has 0 atom stereocenters. The highest BCUT2D eigenvalue weighted by atomic mass is 16.5. The first-order valence-electron chi connectivity index (χ1n) is 12.5. The van der Waals surface area contributed by atoms with E-state index in [0.29, 0.717) is 49.8 Å². The molecule has 2 saturated heterocycles. The quantitative estimate of drug-likeness (QED) is 0.634. The first kappa shape index (κ1) is 25.3. The van der Waals surface area contributed by atoms with Gasteiger partial charge in [-0.25, -0.2) is 0 Å². The number of phenols is 1.